The Morgan fingerprint density at radius 1 is 0.742 bits per heavy atom. The third-order valence-corrected chi connectivity index (χ3v) is 5.96. The summed E-state index contributed by atoms with van der Waals surface area (Å²) >= 11 is 11.9. The Morgan fingerprint density at radius 2 is 1.29 bits per heavy atom. The number of hydrogen-bond donors (Lipinski definition) is 0. The van der Waals surface area contributed by atoms with Crippen molar-refractivity contribution >= 4 is 35.1 Å². The van der Waals surface area contributed by atoms with Crippen molar-refractivity contribution < 1.29 is 19.1 Å². The number of esters is 2. The number of rotatable bonds is 18. The number of halogens is 2. The Hall–Kier alpha value is -1.26. The molecule has 0 heterocycles. The molecule has 6 heteroatoms. The minimum absolute atomic E-state index is 0.0756. The molecule has 0 bridgehead atoms. The van der Waals surface area contributed by atoms with Gasteiger partial charge in [0.15, 0.2) is 5.75 Å². The Morgan fingerprint density at radius 3 is 1.94 bits per heavy atom. The van der Waals surface area contributed by atoms with Crippen LogP contribution >= 0.6 is 23.2 Å². The summed E-state index contributed by atoms with van der Waals surface area (Å²) in [6, 6.07) is 4.98. The molecule has 0 aromatic heterocycles. The number of unbranched alkanes of at least 4 members (excludes halogenated alkanes) is 11. The van der Waals surface area contributed by atoms with Gasteiger partial charge < -0.3 is 9.47 Å². The lowest BCUT2D eigenvalue weighted by Crippen LogP contribution is -2.07. The Bertz CT molecular complexity index is 634. The first-order valence-electron chi connectivity index (χ1n) is 11.8. The van der Waals surface area contributed by atoms with Crippen molar-refractivity contribution in [3.8, 4) is 5.75 Å². The Labute approximate surface area is 198 Å². The fraction of sp³-hybridized carbons (Fsp3) is 0.680. The average molecular weight is 473 g/mol. The molecule has 1 rings (SSSR count). The molecular formula is C25H38Cl2O4. The molecule has 4 nitrogen and oxygen atoms in total. The van der Waals surface area contributed by atoms with Gasteiger partial charge in [-0.25, -0.2) is 0 Å². The van der Waals surface area contributed by atoms with E-state index in [2.05, 4.69) is 6.92 Å². The zero-order valence-corrected chi connectivity index (χ0v) is 20.4. The molecule has 0 radical (unpaired) electrons. The molecule has 0 atom stereocenters. The summed E-state index contributed by atoms with van der Waals surface area (Å²) in [5.41, 5.74) is 0. The third kappa shape index (κ3) is 14.4. The zero-order chi connectivity index (χ0) is 22.7. The standard InChI is InChI=1S/C25H38Cl2O4/c1-2-3-4-5-8-11-14-20-30-23(28)18-12-9-6-7-10-13-19-24(29)31-22-17-15-16-21(26)25(22)27/h15-17H,2-14,18-20H2,1H3. The highest BCUT2D eigenvalue weighted by atomic mass is 35.5. The lowest BCUT2D eigenvalue weighted by Gasteiger charge is -2.07. The van der Waals surface area contributed by atoms with E-state index in [0.717, 1.165) is 51.4 Å². The van der Waals surface area contributed by atoms with Crippen LogP contribution in [0.5, 0.6) is 5.75 Å². The highest BCUT2D eigenvalue weighted by Gasteiger charge is 2.10. The summed E-state index contributed by atoms with van der Waals surface area (Å²) in [7, 11) is 0. The molecule has 0 amide bonds. The SMILES string of the molecule is CCCCCCCCCOC(=O)CCCCCCCCC(=O)Oc1cccc(Cl)c1Cl. The predicted octanol–water partition coefficient (Wildman–Crippen LogP) is 8.31. The summed E-state index contributed by atoms with van der Waals surface area (Å²) in [5, 5.41) is 0.632. The van der Waals surface area contributed by atoms with Crippen LogP contribution in [0.3, 0.4) is 0 Å². The number of carbonyl (C=O) groups excluding carboxylic acids is 2. The minimum Gasteiger partial charge on any atom is -0.466 e. The van der Waals surface area contributed by atoms with E-state index in [0.29, 0.717) is 30.2 Å². The first-order valence-corrected chi connectivity index (χ1v) is 12.6. The predicted molar refractivity (Wildman–Crippen MR) is 128 cm³/mol. The van der Waals surface area contributed by atoms with Crippen LogP contribution in [-0.2, 0) is 14.3 Å². The highest BCUT2D eigenvalue weighted by Crippen LogP contribution is 2.31. The molecule has 176 valence electrons. The maximum Gasteiger partial charge on any atom is 0.311 e. The molecule has 0 aliphatic carbocycles. The lowest BCUT2D eigenvalue weighted by molar-refractivity contribution is -0.144. The molecule has 0 saturated heterocycles. The minimum atomic E-state index is -0.298. The monoisotopic (exact) mass is 472 g/mol. The van der Waals surface area contributed by atoms with Gasteiger partial charge in [-0.1, -0.05) is 100 Å². The second-order valence-electron chi connectivity index (χ2n) is 7.99. The fourth-order valence-corrected chi connectivity index (χ4v) is 3.63. The van der Waals surface area contributed by atoms with Crippen LogP contribution in [0.25, 0.3) is 0 Å². The van der Waals surface area contributed by atoms with Gasteiger partial charge in [-0.3, -0.25) is 9.59 Å². The second kappa shape index (κ2) is 18.3. The van der Waals surface area contributed by atoms with E-state index in [1.807, 2.05) is 0 Å². The first kappa shape index (κ1) is 27.8. The van der Waals surface area contributed by atoms with Gasteiger partial charge in [-0.2, -0.15) is 0 Å². The van der Waals surface area contributed by atoms with Crippen LogP contribution < -0.4 is 4.74 Å². The Kier molecular flexibility index (Phi) is 16.4. The molecule has 0 aliphatic rings. The van der Waals surface area contributed by atoms with E-state index in [1.54, 1.807) is 18.2 Å². The van der Waals surface area contributed by atoms with Gasteiger partial charge in [0, 0.05) is 12.8 Å². The molecule has 1 aromatic rings. The normalized spacial score (nSPS) is 10.8. The summed E-state index contributed by atoms with van der Waals surface area (Å²) < 4.78 is 10.6. The van der Waals surface area contributed by atoms with Crippen molar-refractivity contribution in [3.63, 3.8) is 0 Å². The van der Waals surface area contributed by atoms with Gasteiger partial charge >= 0.3 is 11.9 Å². The molecular weight excluding hydrogens is 435 g/mol. The fourth-order valence-electron chi connectivity index (χ4n) is 3.30. The molecule has 0 spiro atoms. The summed E-state index contributed by atoms with van der Waals surface area (Å²) in [4.78, 5) is 23.6. The van der Waals surface area contributed by atoms with Gasteiger partial charge in [0.1, 0.15) is 5.02 Å². The number of hydrogen-bond acceptors (Lipinski definition) is 4. The van der Waals surface area contributed by atoms with Crippen LogP contribution in [0, 0.1) is 0 Å². The van der Waals surface area contributed by atoms with Crippen molar-refractivity contribution in [2.24, 2.45) is 0 Å². The molecule has 0 unspecified atom stereocenters. The van der Waals surface area contributed by atoms with E-state index in [1.165, 1.54) is 32.1 Å². The van der Waals surface area contributed by atoms with Crippen molar-refractivity contribution in [1.82, 2.24) is 0 Å². The molecule has 0 aliphatic heterocycles. The molecule has 0 N–H and O–H groups in total. The van der Waals surface area contributed by atoms with Crippen molar-refractivity contribution in [2.75, 3.05) is 6.61 Å². The topological polar surface area (TPSA) is 52.6 Å². The van der Waals surface area contributed by atoms with E-state index in [-0.39, 0.29) is 17.0 Å². The summed E-state index contributed by atoms with van der Waals surface area (Å²) in [6.45, 7) is 2.78. The van der Waals surface area contributed by atoms with E-state index >= 15 is 0 Å². The third-order valence-electron chi connectivity index (χ3n) is 5.16. The maximum atomic E-state index is 11.9. The summed E-state index contributed by atoms with van der Waals surface area (Å²) in [6.07, 6.45) is 15.1. The zero-order valence-electron chi connectivity index (χ0n) is 18.9. The lowest BCUT2D eigenvalue weighted by atomic mass is 10.1. The smallest absolute Gasteiger partial charge is 0.311 e. The molecule has 31 heavy (non-hydrogen) atoms. The van der Waals surface area contributed by atoms with E-state index in [4.69, 9.17) is 32.7 Å². The molecule has 0 saturated carbocycles. The first-order chi connectivity index (χ1) is 15.0. The highest BCUT2D eigenvalue weighted by molar-refractivity contribution is 6.43. The van der Waals surface area contributed by atoms with Gasteiger partial charge in [-0.15, -0.1) is 0 Å². The van der Waals surface area contributed by atoms with E-state index in [9.17, 15) is 9.59 Å². The number of carbonyl (C=O) groups is 2. The van der Waals surface area contributed by atoms with Crippen molar-refractivity contribution in [2.45, 2.75) is 103 Å². The average Bonchev–Trinajstić information content (AvgIpc) is 2.75. The Balaban J connectivity index is 1.91. The van der Waals surface area contributed by atoms with Crippen LogP contribution in [0.15, 0.2) is 18.2 Å². The number of ether oxygens (including phenoxy) is 2. The molecule has 1 aromatic carbocycles. The summed E-state index contributed by atoms with van der Waals surface area (Å²) in [5.74, 6) is -0.0701. The van der Waals surface area contributed by atoms with Gasteiger partial charge in [0.05, 0.1) is 11.6 Å². The second-order valence-corrected chi connectivity index (χ2v) is 8.77. The van der Waals surface area contributed by atoms with Gasteiger partial charge in [0.25, 0.3) is 0 Å². The largest absolute Gasteiger partial charge is 0.466 e. The van der Waals surface area contributed by atoms with Gasteiger partial charge in [0.2, 0.25) is 0 Å². The van der Waals surface area contributed by atoms with Crippen LogP contribution in [0.1, 0.15) is 103 Å². The van der Waals surface area contributed by atoms with Gasteiger partial charge in [-0.05, 0) is 31.4 Å². The van der Waals surface area contributed by atoms with Crippen molar-refractivity contribution in [1.29, 1.82) is 0 Å². The quantitative estimate of drug-likeness (QED) is 0.122. The van der Waals surface area contributed by atoms with Crippen LogP contribution in [-0.4, -0.2) is 18.5 Å². The molecule has 0 fully saturated rings. The number of benzene rings is 1. The van der Waals surface area contributed by atoms with Crippen molar-refractivity contribution in [3.05, 3.63) is 28.2 Å². The van der Waals surface area contributed by atoms with E-state index < -0.39 is 0 Å². The van der Waals surface area contributed by atoms with Crippen LogP contribution in [0.4, 0.5) is 0 Å². The van der Waals surface area contributed by atoms with Crippen LogP contribution in [0.2, 0.25) is 10.0 Å². The maximum absolute atomic E-state index is 11.9.